The number of hydrogen-bond donors (Lipinski definition) is 2. The van der Waals surface area contributed by atoms with Crippen molar-refractivity contribution in [2.75, 3.05) is 0 Å². The van der Waals surface area contributed by atoms with E-state index in [9.17, 15) is 19.8 Å². The Hall–Kier alpha value is -1.00. The normalized spacial score (nSPS) is 43.3. The van der Waals surface area contributed by atoms with Gasteiger partial charge in [-0.1, -0.05) is 66.5 Å². The van der Waals surface area contributed by atoms with Crippen LogP contribution in [0.4, 0.5) is 0 Å². The monoisotopic (exact) mass is 472 g/mol. The molecule has 0 aromatic rings. The van der Waals surface area contributed by atoms with Crippen molar-refractivity contribution in [1.29, 1.82) is 0 Å². The molecule has 3 fully saturated rings. The van der Waals surface area contributed by atoms with E-state index < -0.39 is 12.2 Å². The van der Waals surface area contributed by atoms with Crippen LogP contribution >= 0.6 is 0 Å². The highest BCUT2D eigenvalue weighted by molar-refractivity contribution is 5.85. The van der Waals surface area contributed by atoms with Crippen LogP contribution in [-0.4, -0.2) is 34.0 Å². The van der Waals surface area contributed by atoms with Crippen molar-refractivity contribution in [3.8, 4) is 0 Å². The van der Waals surface area contributed by atoms with Crippen molar-refractivity contribution in [2.24, 2.45) is 45.3 Å². The Balaban J connectivity index is 1.69. The summed E-state index contributed by atoms with van der Waals surface area (Å²) in [6.07, 6.45) is 5.53. The van der Waals surface area contributed by atoms with E-state index in [0.29, 0.717) is 31.0 Å². The van der Waals surface area contributed by atoms with E-state index in [1.54, 1.807) is 0 Å². The molecule has 192 valence electrons. The third-order valence-corrected chi connectivity index (χ3v) is 11.7. The molecule has 2 N–H and O–H groups in total. The number of aliphatic hydroxyl groups is 2. The Morgan fingerprint density at radius 3 is 2.29 bits per heavy atom. The molecule has 4 aliphatic carbocycles. The maximum Gasteiger partial charge on any atom is 0.163 e. The maximum absolute atomic E-state index is 12.9. The number of carbonyl (C=O) groups is 2. The lowest BCUT2D eigenvalue weighted by molar-refractivity contribution is -0.208. The van der Waals surface area contributed by atoms with E-state index in [-0.39, 0.29) is 45.2 Å². The minimum atomic E-state index is -0.914. The predicted molar refractivity (Wildman–Crippen MR) is 135 cm³/mol. The van der Waals surface area contributed by atoms with Gasteiger partial charge in [-0.05, 0) is 78.9 Å². The summed E-state index contributed by atoms with van der Waals surface area (Å²) in [4.78, 5) is 25.2. The fourth-order valence-electron chi connectivity index (χ4n) is 9.65. The molecule has 8 atom stereocenters. The molecule has 0 bridgehead atoms. The Bertz CT molecular complexity index is 899. The molecule has 4 nitrogen and oxygen atoms in total. The Labute approximate surface area is 207 Å². The zero-order chi connectivity index (χ0) is 25.4. The predicted octanol–water partition coefficient (Wildman–Crippen LogP) is 5.89. The van der Waals surface area contributed by atoms with Gasteiger partial charge in [0.05, 0.1) is 6.10 Å². The summed E-state index contributed by atoms with van der Waals surface area (Å²) in [5.74, 6) is 0.798. The summed E-state index contributed by atoms with van der Waals surface area (Å²) in [6.45, 7) is 17.4. The minimum absolute atomic E-state index is 0.0183. The van der Waals surface area contributed by atoms with Crippen LogP contribution in [0.5, 0.6) is 0 Å². The number of ketones is 2. The van der Waals surface area contributed by atoms with Crippen LogP contribution in [0.2, 0.25) is 0 Å². The highest BCUT2D eigenvalue weighted by Crippen LogP contribution is 2.74. The van der Waals surface area contributed by atoms with Crippen molar-refractivity contribution in [2.45, 2.75) is 119 Å². The van der Waals surface area contributed by atoms with Gasteiger partial charge in [0.25, 0.3) is 0 Å². The molecule has 3 saturated carbocycles. The van der Waals surface area contributed by atoms with Crippen LogP contribution in [0.1, 0.15) is 107 Å². The van der Waals surface area contributed by atoms with Crippen molar-refractivity contribution < 1.29 is 19.8 Å². The standard InChI is InChI=1S/C30H48O4/c1-17(2)25(34)21(31)15-18(3)19-9-13-29(7)20(19)16-22(32)26-28(6)12-11-24(33)27(4,5)23(28)10-14-30(26,29)8/h17-18,21-23,26,31-32H,9-16H2,1-8H3/t18-,21+,22+,23+,26+,28+,29+,30+/m1/s1. The first-order chi connectivity index (χ1) is 15.6. The zero-order valence-corrected chi connectivity index (χ0v) is 22.8. The average molecular weight is 473 g/mol. The molecular formula is C30H48O4. The van der Waals surface area contributed by atoms with Gasteiger partial charge in [0, 0.05) is 17.8 Å². The third-order valence-electron chi connectivity index (χ3n) is 11.7. The first-order valence-electron chi connectivity index (χ1n) is 13.8. The van der Waals surface area contributed by atoms with E-state index in [2.05, 4.69) is 41.5 Å². The molecule has 0 saturated heterocycles. The summed E-state index contributed by atoms with van der Waals surface area (Å²) < 4.78 is 0. The fraction of sp³-hybridized carbons (Fsp3) is 0.867. The summed E-state index contributed by atoms with van der Waals surface area (Å²) in [5.41, 5.74) is 2.43. The maximum atomic E-state index is 12.9. The second-order valence-corrected chi connectivity index (χ2v) is 14.0. The molecule has 0 spiro atoms. The molecule has 0 aromatic carbocycles. The summed E-state index contributed by atoms with van der Waals surface area (Å²) in [5, 5.41) is 22.3. The quantitative estimate of drug-likeness (QED) is 0.489. The van der Waals surface area contributed by atoms with Gasteiger partial charge in [-0.3, -0.25) is 9.59 Å². The van der Waals surface area contributed by atoms with E-state index in [1.807, 2.05) is 13.8 Å². The number of Topliss-reactive ketones (excluding diaryl/α,β-unsaturated/α-hetero) is 2. The second kappa shape index (κ2) is 8.26. The summed E-state index contributed by atoms with van der Waals surface area (Å²) in [7, 11) is 0. The molecule has 0 aliphatic heterocycles. The van der Waals surface area contributed by atoms with E-state index in [0.717, 1.165) is 32.1 Å². The number of rotatable bonds is 5. The molecule has 0 amide bonds. The molecule has 0 radical (unpaired) electrons. The van der Waals surface area contributed by atoms with Crippen molar-refractivity contribution >= 4 is 11.6 Å². The van der Waals surface area contributed by atoms with Crippen LogP contribution < -0.4 is 0 Å². The largest absolute Gasteiger partial charge is 0.392 e. The van der Waals surface area contributed by atoms with Gasteiger partial charge in [-0.15, -0.1) is 0 Å². The molecule has 0 aromatic heterocycles. The first kappa shape index (κ1) is 26.1. The lowest BCUT2D eigenvalue weighted by Gasteiger charge is -2.69. The van der Waals surface area contributed by atoms with Crippen LogP contribution in [-0.2, 0) is 9.59 Å². The average Bonchev–Trinajstić information content (AvgIpc) is 3.08. The Morgan fingerprint density at radius 1 is 1.03 bits per heavy atom. The van der Waals surface area contributed by atoms with Crippen molar-refractivity contribution in [1.82, 2.24) is 0 Å². The Morgan fingerprint density at radius 2 is 1.68 bits per heavy atom. The highest BCUT2D eigenvalue weighted by atomic mass is 16.3. The van der Waals surface area contributed by atoms with Crippen molar-refractivity contribution in [3.05, 3.63) is 11.1 Å². The molecule has 4 aliphatic rings. The molecule has 4 rings (SSSR count). The van der Waals surface area contributed by atoms with Crippen LogP contribution in [0.25, 0.3) is 0 Å². The minimum Gasteiger partial charge on any atom is -0.392 e. The molecule has 4 heteroatoms. The van der Waals surface area contributed by atoms with Gasteiger partial charge >= 0.3 is 0 Å². The summed E-state index contributed by atoms with van der Waals surface area (Å²) >= 11 is 0. The number of fused-ring (bicyclic) bond motifs is 5. The second-order valence-electron chi connectivity index (χ2n) is 14.0. The molecule has 0 heterocycles. The lowest BCUT2D eigenvalue weighted by Crippen LogP contribution is -2.65. The molecular weight excluding hydrogens is 424 g/mol. The number of aliphatic hydroxyl groups excluding tert-OH is 2. The van der Waals surface area contributed by atoms with Crippen LogP contribution in [0.15, 0.2) is 11.1 Å². The first-order valence-corrected chi connectivity index (χ1v) is 13.8. The molecule has 0 unspecified atom stereocenters. The number of allylic oxidation sites excluding steroid dienone is 1. The lowest BCUT2D eigenvalue weighted by atomic mass is 9.36. The van der Waals surface area contributed by atoms with E-state index in [1.165, 1.54) is 11.1 Å². The fourth-order valence-corrected chi connectivity index (χ4v) is 9.65. The highest BCUT2D eigenvalue weighted by Gasteiger charge is 2.69. The van der Waals surface area contributed by atoms with Gasteiger partial charge < -0.3 is 10.2 Å². The number of carbonyl (C=O) groups excluding carboxylic acids is 2. The van der Waals surface area contributed by atoms with Gasteiger partial charge in [0.2, 0.25) is 0 Å². The van der Waals surface area contributed by atoms with Gasteiger partial charge in [0.1, 0.15) is 11.9 Å². The van der Waals surface area contributed by atoms with Gasteiger partial charge in [-0.2, -0.15) is 0 Å². The topological polar surface area (TPSA) is 74.6 Å². The molecule has 34 heavy (non-hydrogen) atoms. The third kappa shape index (κ3) is 3.44. The number of hydrogen-bond acceptors (Lipinski definition) is 4. The van der Waals surface area contributed by atoms with Gasteiger partial charge in [0.15, 0.2) is 5.78 Å². The Kier molecular flexibility index (Phi) is 6.34. The zero-order valence-electron chi connectivity index (χ0n) is 22.8. The smallest absolute Gasteiger partial charge is 0.163 e. The SMILES string of the molecule is CC(C)C(=O)[C@@H](O)C[C@@H](C)C1=C2C[C@H](O)[C@H]3[C@@]4(C)CCC(=O)C(C)(C)[C@@H]4CC[C@]3(C)[C@@]2(C)CC1. The van der Waals surface area contributed by atoms with Crippen molar-refractivity contribution in [3.63, 3.8) is 0 Å². The van der Waals surface area contributed by atoms with Gasteiger partial charge in [-0.25, -0.2) is 0 Å². The van der Waals surface area contributed by atoms with Crippen LogP contribution in [0, 0.1) is 45.3 Å². The van der Waals surface area contributed by atoms with Crippen LogP contribution in [0.3, 0.4) is 0 Å². The summed E-state index contributed by atoms with van der Waals surface area (Å²) in [6, 6.07) is 0. The van der Waals surface area contributed by atoms with E-state index >= 15 is 0 Å². The van der Waals surface area contributed by atoms with E-state index in [4.69, 9.17) is 0 Å².